The third-order valence-corrected chi connectivity index (χ3v) is 6.00. The van der Waals surface area contributed by atoms with E-state index >= 15 is 0 Å². The molecule has 0 aromatic heterocycles. The molecule has 9 heteroatoms. The standard InChI is InChI=1S/C21H27N3O5S/c1-15(2)14-20(23-30(28,29)19-10-4-16(3)5-11-19)21(25)22-13-12-17-6-8-18(9-7-17)24(26)27/h4-11,15,20,23H,12-14H2,1-3H3,(H,22,25). The highest BCUT2D eigenvalue weighted by Gasteiger charge is 2.26. The molecule has 0 saturated carbocycles. The average Bonchev–Trinajstić information content (AvgIpc) is 2.67. The molecule has 162 valence electrons. The number of hydrogen-bond acceptors (Lipinski definition) is 5. The molecule has 0 aliphatic heterocycles. The predicted molar refractivity (Wildman–Crippen MR) is 115 cm³/mol. The minimum absolute atomic E-state index is 0.00490. The van der Waals surface area contributed by atoms with Crippen molar-refractivity contribution in [2.75, 3.05) is 6.54 Å². The van der Waals surface area contributed by atoms with Crippen molar-refractivity contribution in [1.29, 1.82) is 0 Å². The zero-order chi connectivity index (χ0) is 22.3. The number of carbonyl (C=O) groups is 1. The number of aryl methyl sites for hydroxylation is 1. The molecule has 1 amide bonds. The highest BCUT2D eigenvalue weighted by atomic mass is 32.2. The van der Waals surface area contributed by atoms with Gasteiger partial charge in [0.1, 0.15) is 6.04 Å². The Hall–Kier alpha value is -2.78. The van der Waals surface area contributed by atoms with Gasteiger partial charge in [0.2, 0.25) is 15.9 Å². The molecule has 0 aliphatic rings. The number of amides is 1. The molecule has 1 unspecified atom stereocenters. The van der Waals surface area contributed by atoms with Crippen LogP contribution in [0.15, 0.2) is 53.4 Å². The number of rotatable bonds is 10. The van der Waals surface area contributed by atoms with E-state index in [0.717, 1.165) is 11.1 Å². The van der Waals surface area contributed by atoms with Gasteiger partial charge in [-0.3, -0.25) is 14.9 Å². The van der Waals surface area contributed by atoms with E-state index in [1.807, 2.05) is 20.8 Å². The van der Waals surface area contributed by atoms with E-state index in [1.54, 1.807) is 24.3 Å². The van der Waals surface area contributed by atoms with Gasteiger partial charge in [0.15, 0.2) is 0 Å². The molecule has 0 bridgehead atoms. The van der Waals surface area contributed by atoms with Gasteiger partial charge in [-0.05, 0) is 43.4 Å². The fourth-order valence-corrected chi connectivity index (χ4v) is 4.10. The number of benzene rings is 2. The number of nitro benzene ring substituents is 1. The third kappa shape index (κ3) is 6.93. The molecular formula is C21H27N3O5S. The van der Waals surface area contributed by atoms with Crippen molar-refractivity contribution in [3.63, 3.8) is 0 Å². The first-order valence-electron chi connectivity index (χ1n) is 9.68. The zero-order valence-corrected chi connectivity index (χ0v) is 18.1. The summed E-state index contributed by atoms with van der Waals surface area (Å²) in [7, 11) is -3.83. The Morgan fingerprint density at radius 3 is 2.20 bits per heavy atom. The zero-order valence-electron chi connectivity index (χ0n) is 17.3. The Labute approximate surface area is 176 Å². The molecule has 8 nitrogen and oxygen atoms in total. The lowest BCUT2D eigenvalue weighted by Gasteiger charge is -2.20. The molecule has 0 fully saturated rings. The summed E-state index contributed by atoms with van der Waals surface area (Å²) >= 11 is 0. The van der Waals surface area contributed by atoms with Crippen LogP contribution in [0, 0.1) is 23.0 Å². The van der Waals surface area contributed by atoms with Crippen molar-refractivity contribution >= 4 is 21.6 Å². The number of carbonyl (C=O) groups excluding carboxylic acids is 1. The van der Waals surface area contributed by atoms with Gasteiger partial charge in [0.05, 0.1) is 9.82 Å². The molecule has 2 aromatic rings. The molecule has 1 atom stereocenters. The van der Waals surface area contributed by atoms with E-state index < -0.39 is 26.9 Å². The summed E-state index contributed by atoms with van der Waals surface area (Å²) in [6.07, 6.45) is 0.831. The van der Waals surface area contributed by atoms with Crippen LogP contribution in [0.3, 0.4) is 0 Å². The van der Waals surface area contributed by atoms with Crippen LogP contribution in [0.25, 0.3) is 0 Å². The van der Waals surface area contributed by atoms with Crippen molar-refractivity contribution < 1.29 is 18.1 Å². The van der Waals surface area contributed by atoms with Gasteiger partial charge < -0.3 is 5.32 Å². The fourth-order valence-electron chi connectivity index (χ4n) is 2.89. The number of sulfonamides is 1. The summed E-state index contributed by atoms with van der Waals surface area (Å²) in [5, 5.41) is 13.5. The highest BCUT2D eigenvalue weighted by Crippen LogP contribution is 2.14. The Bertz CT molecular complexity index is 971. The van der Waals surface area contributed by atoms with Crippen molar-refractivity contribution in [3.8, 4) is 0 Å². The molecule has 2 N–H and O–H groups in total. The highest BCUT2D eigenvalue weighted by molar-refractivity contribution is 7.89. The van der Waals surface area contributed by atoms with E-state index in [2.05, 4.69) is 10.0 Å². The Kier molecular flexibility index (Phi) is 8.08. The minimum atomic E-state index is -3.83. The van der Waals surface area contributed by atoms with Crippen LogP contribution >= 0.6 is 0 Å². The Morgan fingerprint density at radius 1 is 1.07 bits per heavy atom. The summed E-state index contributed by atoms with van der Waals surface area (Å²) in [6, 6.07) is 11.6. The average molecular weight is 434 g/mol. The predicted octanol–water partition coefficient (Wildman–Crippen LogP) is 2.96. The third-order valence-electron chi connectivity index (χ3n) is 4.51. The maximum Gasteiger partial charge on any atom is 0.269 e. The maximum absolute atomic E-state index is 12.7. The van der Waals surface area contributed by atoms with Gasteiger partial charge in [0, 0.05) is 18.7 Å². The van der Waals surface area contributed by atoms with Crippen LogP contribution in [0.1, 0.15) is 31.4 Å². The molecular weight excluding hydrogens is 406 g/mol. The summed E-state index contributed by atoms with van der Waals surface area (Å²) in [5.41, 5.74) is 1.78. The van der Waals surface area contributed by atoms with Gasteiger partial charge >= 0.3 is 0 Å². The van der Waals surface area contributed by atoms with Crippen molar-refractivity contribution in [2.45, 2.75) is 44.6 Å². The quantitative estimate of drug-likeness (QED) is 0.441. The second kappa shape index (κ2) is 10.3. The summed E-state index contributed by atoms with van der Waals surface area (Å²) in [6.45, 7) is 5.98. The maximum atomic E-state index is 12.7. The number of nitro groups is 1. The summed E-state index contributed by atoms with van der Waals surface area (Å²) in [5.74, 6) is -0.294. The van der Waals surface area contributed by atoms with Gasteiger partial charge in [-0.1, -0.05) is 43.7 Å². The number of hydrogen-bond donors (Lipinski definition) is 2. The summed E-state index contributed by atoms with van der Waals surface area (Å²) in [4.78, 5) is 23.0. The first kappa shape index (κ1) is 23.5. The molecule has 0 spiro atoms. The van der Waals surface area contributed by atoms with Crippen LogP contribution in [-0.4, -0.2) is 31.8 Å². The van der Waals surface area contributed by atoms with Crippen LogP contribution in [0.4, 0.5) is 5.69 Å². The largest absolute Gasteiger partial charge is 0.354 e. The molecule has 30 heavy (non-hydrogen) atoms. The van der Waals surface area contributed by atoms with Crippen LogP contribution in [0.2, 0.25) is 0 Å². The van der Waals surface area contributed by atoms with E-state index in [0.29, 0.717) is 12.8 Å². The van der Waals surface area contributed by atoms with Gasteiger partial charge in [-0.15, -0.1) is 0 Å². The van der Waals surface area contributed by atoms with Crippen molar-refractivity contribution in [3.05, 3.63) is 69.8 Å². The number of non-ortho nitro benzene ring substituents is 1. The molecule has 0 heterocycles. The van der Waals surface area contributed by atoms with Gasteiger partial charge in [-0.25, -0.2) is 8.42 Å². The van der Waals surface area contributed by atoms with Crippen molar-refractivity contribution in [2.24, 2.45) is 5.92 Å². The second-order valence-corrected chi connectivity index (χ2v) is 9.30. The van der Waals surface area contributed by atoms with E-state index in [-0.39, 0.29) is 23.0 Å². The number of nitrogens with one attached hydrogen (secondary N) is 2. The Balaban J connectivity index is 2.00. The lowest BCUT2D eigenvalue weighted by molar-refractivity contribution is -0.384. The normalized spacial score (nSPS) is 12.5. The van der Waals surface area contributed by atoms with Crippen LogP contribution in [-0.2, 0) is 21.2 Å². The monoisotopic (exact) mass is 433 g/mol. The van der Waals surface area contributed by atoms with Crippen molar-refractivity contribution in [1.82, 2.24) is 10.0 Å². The second-order valence-electron chi connectivity index (χ2n) is 7.58. The summed E-state index contributed by atoms with van der Waals surface area (Å²) < 4.78 is 27.9. The SMILES string of the molecule is Cc1ccc(S(=O)(=O)NC(CC(C)C)C(=O)NCCc2ccc([N+](=O)[O-])cc2)cc1. The molecule has 2 aromatic carbocycles. The minimum Gasteiger partial charge on any atom is -0.354 e. The first-order chi connectivity index (χ1) is 14.1. The molecule has 0 aliphatic carbocycles. The van der Waals surface area contributed by atoms with Crippen LogP contribution in [0.5, 0.6) is 0 Å². The number of nitrogens with zero attached hydrogens (tertiary/aromatic N) is 1. The van der Waals surface area contributed by atoms with Gasteiger partial charge in [-0.2, -0.15) is 4.72 Å². The molecule has 0 saturated heterocycles. The van der Waals surface area contributed by atoms with E-state index in [4.69, 9.17) is 0 Å². The van der Waals surface area contributed by atoms with Gasteiger partial charge in [0.25, 0.3) is 5.69 Å². The smallest absolute Gasteiger partial charge is 0.269 e. The fraction of sp³-hybridized carbons (Fsp3) is 0.381. The lowest BCUT2D eigenvalue weighted by Crippen LogP contribution is -2.47. The topological polar surface area (TPSA) is 118 Å². The Morgan fingerprint density at radius 2 is 1.67 bits per heavy atom. The van der Waals surface area contributed by atoms with E-state index in [9.17, 15) is 23.3 Å². The van der Waals surface area contributed by atoms with E-state index in [1.165, 1.54) is 24.3 Å². The lowest BCUT2D eigenvalue weighted by atomic mass is 10.0. The molecule has 2 rings (SSSR count). The molecule has 0 radical (unpaired) electrons. The van der Waals surface area contributed by atoms with Crippen LogP contribution < -0.4 is 10.0 Å². The first-order valence-corrected chi connectivity index (χ1v) is 11.2.